The predicted octanol–water partition coefficient (Wildman–Crippen LogP) is 1.73. The summed E-state index contributed by atoms with van der Waals surface area (Å²) in [5.41, 5.74) is 0.457. The Morgan fingerprint density at radius 2 is 2.20 bits per heavy atom. The second-order valence-corrected chi connectivity index (χ2v) is 3.05. The molecule has 0 fully saturated rings. The molecule has 0 bridgehead atoms. The SMILES string of the molecule is CC(=O)c1cnc(C(=O)O)c2ccoc12. The van der Waals surface area contributed by atoms with Gasteiger partial charge in [-0.25, -0.2) is 9.78 Å². The Hall–Kier alpha value is -2.17. The van der Waals surface area contributed by atoms with Crippen LogP contribution in [0.4, 0.5) is 0 Å². The van der Waals surface area contributed by atoms with E-state index in [0.717, 1.165) is 0 Å². The Kier molecular flexibility index (Phi) is 2.00. The molecule has 0 unspecified atom stereocenters. The number of carboxylic acid groups (broad SMARTS) is 1. The Labute approximate surface area is 84.3 Å². The van der Waals surface area contributed by atoms with Crippen molar-refractivity contribution >= 4 is 22.7 Å². The summed E-state index contributed by atoms with van der Waals surface area (Å²) in [5.74, 6) is -1.35. The second-order valence-electron chi connectivity index (χ2n) is 3.05. The molecular formula is C10H7NO4. The molecule has 2 heterocycles. The van der Waals surface area contributed by atoms with E-state index >= 15 is 0 Å². The van der Waals surface area contributed by atoms with Gasteiger partial charge < -0.3 is 9.52 Å². The number of Topliss-reactive ketones (excluding diaryl/α,β-unsaturated/α-hetero) is 1. The van der Waals surface area contributed by atoms with Crippen LogP contribution in [0.5, 0.6) is 0 Å². The quantitative estimate of drug-likeness (QED) is 0.755. The fourth-order valence-corrected chi connectivity index (χ4v) is 1.38. The minimum atomic E-state index is -1.14. The van der Waals surface area contributed by atoms with E-state index in [2.05, 4.69) is 4.98 Å². The van der Waals surface area contributed by atoms with Crippen molar-refractivity contribution in [3.8, 4) is 0 Å². The lowest BCUT2D eigenvalue weighted by Gasteiger charge is -1.99. The number of aromatic carboxylic acids is 1. The number of carbonyl (C=O) groups is 2. The maximum absolute atomic E-state index is 11.2. The van der Waals surface area contributed by atoms with Crippen LogP contribution in [0.2, 0.25) is 0 Å². The number of furan rings is 1. The molecule has 15 heavy (non-hydrogen) atoms. The molecule has 76 valence electrons. The lowest BCUT2D eigenvalue weighted by molar-refractivity contribution is 0.0692. The van der Waals surface area contributed by atoms with Crippen molar-refractivity contribution in [2.45, 2.75) is 6.92 Å². The van der Waals surface area contributed by atoms with E-state index in [9.17, 15) is 9.59 Å². The van der Waals surface area contributed by atoms with Gasteiger partial charge in [0.25, 0.3) is 0 Å². The van der Waals surface area contributed by atoms with Crippen molar-refractivity contribution in [3.63, 3.8) is 0 Å². The molecule has 5 nitrogen and oxygen atoms in total. The number of aromatic nitrogens is 1. The summed E-state index contributed by atoms with van der Waals surface area (Å²) < 4.78 is 5.08. The molecule has 5 heteroatoms. The van der Waals surface area contributed by atoms with Gasteiger partial charge in [0, 0.05) is 6.20 Å². The third-order valence-corrected chi connectivity index (χ3v) is 2.07. The fraction of sp³-hybridized carbons (Fsp3) is 0.100. The van der Waals surface area contributed by atoms with E-state index in [1.165, 1.54) is 25.5 Å². The average Bonchev–Trinajstić information content (AvgIpc) is 2.63. The number of rotatable bonds is 2. The summed E-state index contributed by atoms with van der Waals surface area (Å²) in [7, 11) is 0. The zero-order valence-electron chi connectivity index (χ0n) is 7.85. The lowest BCUT2D eigenvalue weighted by Crippen LogP contribution is -2.03. The van der Waals surface area contributed by atoms with Crippen LogP contribution in [0.15, 0.2) is 22.9 Å². The molecular weight excluding hydrogens is 198 g/mol. The molecule has 0 aliphatic rings. The Balaban J connectivity index is 2.82. The van der Waals surface area contributed by atoms with Crippen LogP contribution in [0.1, 0.15) is 27.8 Å². The number of carbonyl (C=O) groups excluding carboxylic acids is 1. The van der Waals surface area contributed by atoms with Gasteiger partial charge in [-0.05, 0) is 13.0 Å². The van der Waals surface area contributed by atoms with Crippen molar-refractivity contribution in [1.82, 2.24) is 4.98 Å². The number of hydrogen-bond donors (Lipinski definition) is 1. The molecule has 2 rings (SSSR count). The minimum absolute atomic E-state index is 0.108. The topological polar surface area (TPSA) is 80.4 Å². The fourth-order valence-electron chi connectivity index (χ4n) is 1.38. The molecule has 0 saturated carbocycles. The Bertz CT molecular complexity index is 508. The largest absolute Gasteiger partial charge is 0.476 e. The van der Waals surface area contributed by atoms with E-state index in [-0.39, 0.29) is 17.1 Å². The molecule has 0 aliphatic heterocycles. The molecule has 0 spiro atoms. The number of hydrogen-bond acceptors (Lipinski definition) is 4. The minimum Gasteiger partial charge on any atom is -0.476 e. The predicted molar refractivity (Wildman–Crippen MR) is 51.0 cm³/mol. The van der Waals surface area contributed by atoms with Crippen LogP contribution in [-0.4, -0.2) is 21.8 Å². The summed E-state index contributed by atoms with van der Waals surface area (Å²) in [6.45, 7) is 1.37. The van der Waals surface area contributed by atoms with Crippen molar-refractivity contribution in [3.05, 3.63) is 29.8 Å². The van der Waals surface area contributed by atoms with E-state index in [1.54, 1.807) is 0 Å². The number of carboxylic acids is 1. The zero-order chi connectivity index (χ0) is 11.0. The first-order valence-corrected chi connectivity index (χ1v) is 4.21. The van der Waals surface area contributed by atoms with Gasteiger partial charge in [0.05, 0.1) is 17.2 Å². The first kappa shape index (κ1) is 9.39. The molecule has 1 N–H and O–H groups in total. The Morgan fingerprint density at radius 3 is 2.80 bits per heavy atom. The maximum Gasteiger partial charge on any atom is 0.355 e. The molecule has 2 aromatic heterocycles. The summed E-state index contributed by atoms with van der Waals surface area (Å²) >= 11 is 0. The van der Waals surface area contributed by atoms with E-state index in [4.69, 9.17) is 9.52 Å². The molecule has 0 amide bonds. The van der Waals surface area contributed by atoms with Crippen molar-refractivity contribution in [2.75, 3.05) is 0 Å². The maximum atomic E-state index is 11.2. The van der Waals surface area contributed by atoms with E-state index in [0.29, 0.717) is 10.9 Å². The number of nitrogens with zero attached hydrogens (tertiary/aromatic N) is 1. The van der Waals surface area contributed by atoms with Crippen LogP contribution in [0.3, 0.4) is 0 Å². The number of pyridine rings is 1. The van der Waals surface area contributed by atoms with Crippen molar-refractivity contribution in [2.24, 2.45) is 0 Å². The van der Waals surface area contributed by atoms with Gasteiger partial charge in [-0.15, -0.1) is 0 Å². The van der Waals surface area contributed by atoms with Gasteiger partial charge in [0.2, 0.25) is 0 Å². The summed E-state index contributed by atoms with van der Waals surface area (Å²) in [6.07, 6.45) is 2.56. The molecule has 0 atom stereocenters. The second kappa shape index (κ2) is 3.20. The standard InChI is InChI=1S/C10H7NO4/c1-5(12)7-4-11-8(10(13)14)6-2-3-15-9(6)7/h2-4H,1H3,(H,13,14). The van der Waals surface area contributed by atoms with E-state index < -0.39 is 5.97 Å². The highest BCUT2D eigenvalue weighted by atomic mass is 16.4. The first-order chi connectivity index (χ1) is 7.11. The average molecular weight is 205 g/mol. The van der Waals surface area contributed by atoms with Crippen LogP contribution in [0, 0.1) is 0 Å². The molecule has 0 saturated heterocycles. The molecule has 0 aromatic carbocycles. The lowest BCUT2D eigenvalue weighted by atomic mass is 10.1. The monoisotopic (exact) mass is 205 g/mol. The van der Waals surface area contributed by atoms with Crippen LogP contribution < -0.4 is 0 Å². The number of fused-ring (bicyclic) bond motifs is 1. The van der Waals surface area contributed by atoms with Gasteiger partial charge in [0.15, 0.2) is 11.5 Å². The summed E-state index contributed by atoms with van der Waals surface area (Å²) in [6, 6.07) is 1.48. The smallest absolute Gasteiger partial charge is 0.355 e. The van der Waals surface area contributed by atoms with Gasteiger partial charge in [-0.1, -0.05) is 0 Å². The summed E-state index contributed by atoms with van der Waals surface area (Å²) in [4.78, 5) is 25.7. The van der Waals surface area contributed by atoms with Crippen LogP contribution in [-0.2, 0) is 0 Å². The highest BCUT2D eigenvalue weighted by Crippen LogP contribution is 2.22. The van der Waals surface area contributed by atoms with Gasteiger partial charge >= 0.3 is 5.97 Å². The molecule has 0 aliphatic carbocycles. The normalized spacial score (nSPS) is 10.5. The first-order valence-electron chi connectivity index (χ1n) is 4.21. The Morgan fingerprint density at radius 1 is 1.47 bits per heavy atom. The molecule has 2 aromatic rings. The van der Waals surface area contributed by atoms with Gasteiger partial charge in [0.1, 0.15) is 5.58 Å². The van der Waals surface area contributed by atoms with Crippen molar-refractivity contribution < 1.29 is 19.1 Å². The summed E-state index contributed by atoms with van der Waals surface area (Å²) in [5, 5.41) is 9.18. The highest BCUT2D eigenvalue weighted by molar-refractivity contribution is 6.09. The van der Waals surface area contributed by atoms with E-state index in [1.807, 2.05) is 0 Å². The third kappa shape index (κ3) is 1.38. The van der Waals surface area contributed by atoms with Gasteiger partial charge in [-0.3, -0.25) is 4.79 Å². The van der Waals surface area contributed by atoms with Crippen LogP contribution >= 0.6 is 0 Å². The van der Waals surface area contributed by atoms with Crippen LogP contribution in [0.25, 0.3) is 11.0 Å². The number of ketones is 1. The zero-order valence-corrected chi connectivity index (χ0v) is 7.85. The third-order valence-electron chi connectivity index (χ3n) is 2.07. The van der Waals surface area contributed by atoms with Crippen molar-refractivity contribution in [1.29, 1.82) is 0 Å². The highest BCUT2D eigenvalue weighted by Gasteiger charge is 2.17. The molecule has 0 radical (unpaired) electrons. The van der Waals surface area contributed by atoms with Gasteiger partial charge in [-0.2, -0.15) is 0 Å².